The zero-order chi connectivity index (χ0) is 12.5. The highest BCUT2D eigenvalue weighted by Crippen LogP contribution is 2.39. The molecule has 1 aromatic carbocycles. The maximum Gasteiger partial charge on any atom is 0.161 e. The van der Waals surface area contributed by atoms with Gasteiger partial charge in [-0.3, -0.25) is 0 Å². The van der Waals surface area contributed by atoms with Crippen LogP contribution in [0.2, 0.25) is 0 Å². The molecule has 0 saturated carbocycles. The van der Waals surface area contributed by atoms with E-state index in [1.165, 1.54) is 11.1 Å². The zero-order valence-corrected chi connectivity index (χ0v) is 12.0. The first-order chi connectivity index (χ1) is 8.74. The van der Waals surface area contributed by atoms with Gasteiger partial charge in [0.05, 0.1) is 31.3 Å². The van der Waals surface area contributed by atoms with Gasteiger partial charge in [0.1, 0.15) is 0 Å². The Balaban J connectivity index is 2.00. The van der Waals surface area contributed by atoms with Crippen LogP contribution in [0.15, 0.2) is 12.1 Å². The summed E-state index contributed by atoms with van der Waals surface area (Å²) < 4.78 is 17.2. The van der Waals surface area contributed by atoms with Gasteiger partial charge in [-0.15, -0.1) is 0 Å². The first kappa shape index (κ1) is 12.3. The van der Waals surface area contributed by atoms with E-state index in [0.717, 1.165) is 37.7 Å². The number of alkyl halides is 1. The van der Waals surface area contributed by atoms with Crippen molar-refractivity contribution < 1.29 is 14.2 Å². The van der Waals surface area contributed by atoms with E-state index in [-0.39, 0.29) is 4.83 Å². The molecule has 2 aliphatic heterocycles. The van der Waals surface area contributed by atoms with Crippen LogP contribution < -0.4 is 9.47 Å². The molecule has 0 aliphatic carbocycles. The zero-order valence-electron chi connectivity index (χ0n) is 10.4. The monoisotopic (exact) mass is 312 g/mol. The summed E-state index contributed by atoms with van der Waals surface area (Å²) in [5.41, 5.74) is 2.57. The summed E-state index contributed by atoms with van der Waals surface area (Å²) in [6.07, 6.45) is 0.934. The van der Waals surface area contributed by atoms with Crippen molar-refractivity contribution >= 4 is 15.9 Å². The molecule has 0 saturated heterocycles. The second kappa shape index (κ2) is 5.10. The van der Waals surface area contributed by atoms with Gasteiger partial charge in [0.25, 0.3) is 0 Å². The van der Waals surface area contributed by atoms with Gasteiger partial charge in [-0.25, -0.2) is 0 Å². The van der Waals surface area contributed by atoms with Crippen LogP contribution in [0.4, 0.5) is 0 Å². The molecule has 18 heavy (non-hydrogen) atoms. The van der Waals surface area contributed by atoms with Crippen LogP contribution in [0.1, 0.15) is 22.9 Å². The number of ether oxygens (including phenoxy) is 3. The number of hydrogen-bond acceptors (Lipinski definition) is 3. The number of benzene rings is 1. The van der Waals surface area contributed by atoms with Gasteiger partial charge in [0.2, 0.25) is 0 Å². The Morgan fingerprint density at radius 2 is 1.83 bits per heavy atom. The van der Waals surface area contributed by atoms with Gasteiger partial charge < -0.3 is 14.2 Å². The third kappa shape index (κ3) is 2.36. The predicted molar refractivity (Wildman–Crippen MR) is 72.8 cm³/mol. The second-order valence-electron chi connectivity index (χ2n) is 5.02. The highest BCUT2D eigenvalue weighted by atomic mass is 79.9. The van der Waals surface area contributed by atoms with Crippen molar-refractivity contribution in [1.82, 2.24) is 0 Å². The number of halogens is 1. The number of rotatable bonds is 0. The highest BCUT2D eigenvalue weighted by Gasteiger charge is 2.22. The Kier molecular flexibility index (Phi) is 3.48. The fourth-order valence-corrected chi connectivity index (χ4v) is 2.94. The van der Waals surface area contributed by atoms with Gasteiger partial charge in [0, 0.05) is 5.92 Å². The fourth-order valence-electron chi connectivity index (χ4n) is 2.32. The van der Waals surface area contributed by atoms with Gasteiger partial charge in [-0.1, -0.05) is 22.9 Å². The van der Waals surface area contributed by atoms with Gasteiger partial charge in [-0.05, 0) is 29.7 Å². The lowest BCUT2D eigenvalue weighted by Gasteiger charge is -2.14. The smallest absolute Gasteiger partial charge is 0.161 e. The topological polar surface area (TPSA) is 27.7 Å². The number of hydrogen-bond donors (Lipinski definition) is 0. The summed E-state index contributed by atoms with van der Waals surface area (Å²) in [5.74, 6) is 2.17. The molecule has 2 aliphatic rings. The van der Waals surface area contributed by atoms with E-state index in [9.17, 15) is 0 Å². The van der Waals surface area contributed by atoms with Crippen molar-refractivity contribution in [2.24, 2.45) is 5.92 Å². The average Bonchev–Trinajstić information content (AvgIpc) is 2.66. The third-order valence-electron chi connectivity index (χ3n) is 3.37. The molecule has 2 unspecified atom stereocenters. The van der Waals surface area contributed by atoms with E-state index in [2.05, 4.69) is 35.0 Å². The van der Waals surface area contributed by atoms with Crippen molar-refractivity contribution in [2.75, 3.05) is 26.4 Å². The van der Waals surface area contributed by atoms with E-state index in [1.807, 2.05) is 0 Å². The third-order valence-corrected chi connectivity index (χ3v) is 4.13. The summed E-state index contributed by atoms with van der Waals surface area (Å²) in [6.45, 7) is 5.06. The predicted octanol–water partition coefficient (Wildman–Crippen LogP) is 3.10. The van der Waals surface area contributed by atoms with Crippen LogP contribution >= 0.6 is 15.9 Å². The standard InChI is InChI=1S/C14H17BrO3/c1-9-6-17-13-4-10-2-3-16-8-12(15)11(10)5-14(13)18-7-9/h4-5,9,12H,2-3,6-8H2,1H3. The summed E-state index contributed by atoms with van der Waals surface area (Å²) in [5, 5.41) is 0. The van der Waals surface area contributed by atoms with Crippen molar-refractivity contribution in [3.63, 3.8) is 0 Å². The largest absolute Gasteiger partial charge is 0.489 e. The van der Waals surface area contributed by atoms with E-state index in [0.29, 0.717) is 12.5 Å². The van der Waals surface area contributed by atoms with E-state index in [1.54, 1.807) is 0 Å². The Morgan fingerprint density at radius 1 is 1.11 bits per heavy atom. The van der Waals surface area contributed by atoms with Gasteiger partial charge in [-0.2, -0.15) is 0 Å². The fraction of sp³-hybridized carbons (Fsp3) is 0.571. The molecule has 0 aromatic heterocycles. The summed E-state index contributed by atoms with van der Waals surface area (Å²) >= 11 is 3.67. The molecule has 0 fully saturated rings. The van der Waals surface area contributed by atoms with Crippen molar-refractivity contribution in [3.8, 4) is 11.5 Å². The van der Waals surface area contributed by atoms with Crippen LogP contribution in [-0.4, -0.2) is 26.4 Å². The lowest BCUT2D eigenvalue weighted by Crippen LogP contribution is -2.12. The van der Waals surface area contributed by atoms with Crippen LogP contribution in [0.3, 0.4) is 0 Å². The van der Waals surface area contributed by atoms with Crippen LogP contribution in [0, 0.1) is 5.92 Å². The summed E-state index contributed by atoms with van der Waals surface area (Å²) in [4.78, 5) is 0.240. The second-order valence-corrected chi connectivity index (χ2v) is 6.12. The maximum atomic E-state index is 5.83. The Morgan fingerprint density at radius 3 is 2.61 bits per heavy atom. The SMILES string of the molecule is CC1COc2cc3c(cc2OC1)C(Br)COCC3. The van der Waals surface area contributed by atoms with Crippen molar-refractivity contribution in [3.05, 3.63) is 23.3 Å². The number of fused-ring (bicyclic) bond motifs is 2. The Bertz CT molecular complexity index is 447. The molecule has 0 amide bonds. The molecule has 4 heteroatoms. The van der Waals surface area contributed by atoms with Crippen molar-refractivity contribution in [2.45, 2.75) is 18.2 Å². The van der Waals surface area contributed by atoms with E-state index in [4.69, 9.17) is 14.2 Å². The molecular formula is C14H17BrO3. The molecule has 2 heterocycles. The van der Waals surface area contributed by atoms with Crippen LogP contribution in [0.25, 0.3) is 0 Å². The van der Waals surface area contributed by atoms with Crippen molar-refractivity contribution in [1.29, 1.82) is 0 Å². The first-order valence-electron chi connectivity index (χ1n) is 6.38. The maximum absolute atomic E-state index is 5.83. The Hall–Kier alpha value is -0.740. The molecule has 0 spiro atoms. The van der Waals surface area contributed by atoms with E-state index >= 15 is 0 Å². The molecule has 3 nitrogen and oxygen atoms in total. The average molecular weight is 313 g/mol. The summed E-state index contributed by atoms with van der Waals surface area (Å²) in [6, 6.07) is 4.22. The van der Waals surface area contributed by atoms with Crippen LogP contribution in [-0.2, 0) is 11.2 Å². The quantitative estimate of drug-likeness (QED) is 0.689. The molecule has 0 radical (unpaired) electrons. The first-order valence-corrected chi connectivity index (χ1v) is 7.30. The summed E-state index contributed by atoms with van der Waals surface area (Å²) in [7, 11) is 0. The lowest BCUT2D eigenvalue weighted by atomic mass is 10.0. The Labute approximate surface area is 116 Å². The molecular weight excluding hydrogens is 296 g/mol. The molecule has 2 atom stereocenters. The van der Waals surface area contributed by atoms with Crippen LogP contribution in [0.5, 0.6) is 11.5 Å². The minimum Gasteiger partial charge on any atom is -0.489 e. The molecule has 98 valence electrons. The molecule has 0 bridgehead atoms. The van der Waals surface area contributed by atoms with E-state index < -0.39 is 0 Å². The lowest BCUT2D eigenvalue weighted by molar-refractivity contribution is 0.145. The molecule has 1 aromatic rings. The highest BCUT2D eigenvalue weighted by molar-refractivity contribution is 9.09. The van der Waals surface area contributed by atoms with Gasteiger partial charge in [0.15, 0.2) is 11.5 Å². The minimum atomic E-state index is 0.240. The molecule has 3 rings (SSSR count). The van der Waals surface area contributed by atoms with Gasteiger partial charge >= 0.3 is 0 Å². The minimum absolute atomic E-state index is 0.240. The molecule has 0 N–H and O–H groups in total. The normalized spacial score (nSPS) is 27.0.